The predicted molar refractivity (Wildman–Crippen MR) is 62.7 cm³/mol. The summed E-state index contributed by atoms with van der Waals surface area (Å²) in [4.78, 5) is 0. The first-order valence-electron chi connectivity index (χ1n) is 5.00. The number of nitrogens with one attached hydrogen (secondary N) is 1. The van der Waals surface area contributed by atoms with Gasteiger partial charge in [-0.15, -0.1) is 0 Å². The van der Waals surface area contributed by atoms with E-state index >= 15 is 0 Å². The number of aliphatic hydroxyl groups is 1. The maximum absolute atomic E-state index is 13.0. The standard InChI is InChI=1S/C10H8ClFN4O3/c11-6-3-5(1-2-7(6)12)16(18)10(13)9-8(4-17)14-19-15-9/h1-3,13,17-18H,4H2. The molecule has 0 aliphatic heterocycles. The van der Waals surface area contributed by atoms with Crippen molar-refractivity contribution in [2.24, 2.45) is 0 Å². The molecule has 0 bridgehead atoms. The largest absolute Gasteiger partial charge is 0.390 e. The number of hydrogen-bond acceptors (Lipinski definition) is 6. The molecule has 0 aliphatic carbocycles. The van der Waals surface area contributed by atoms with Crippen LogP contribution in [0.3, 0.4) is 0 Å². The number of benzene rings is 1. The van der Waals surface area contributed by atoms with Crippen molar-refractivity contribution in [3.63, 3.8) is 0 Å². The summed E-state index contributed by atoms with van der Waals surface area (Å²) in [6, 6.07) is 3.40. The Morgan fingerprint density at radius 2 is 2.21 bits per heavy atom. The molecule has 7 nitrogen and oxygen atoms in total. The second-order valence-electron chi connectivity index (χ2n) is 3.48. The van der Waals surface area contributed by atoms with Gasteiger partial charge in [0.25, 0.3) is 0 Å². The molecule has 0 fully saturated rings. The third-order valence-electron chi connectivity index (χ3n) is 2.29. The number of rotatable bonds is 3. The third-order valence-corrected chi connectivity index (χ3v) is 2.58. The van der Waals surface area contributed by atoms with Crippen molar-refractivity contribution in [3.8, 4) is 0 Å². The van der Waals surface area contributed by atoms with Crippen molar-refractivity contribution >= 4 is 23.1 Å². The number of amidine groups is 1. The zero-order valence-corrected chi connectivity index (χ0v) is 10.1. The quantitative estimate of drug-likeness (QED) is 0.449. The molecule has 0 saturated heterocycles. The van der Waals surface area contributed by atoms with Crippen LogP contribution in [-0.2, 0) is 6.61 Å². The molecule has 0 saturated carbocycles. The lowest BCUT2D eigenvalue weighted by molar-refractivity contribution is 0.254. The topological polar surface area (TPSA) is 106 Å². The molecule has 100 valence electrons. The Morgan fingerprint density at radius 3 is 2.84 bits per heavy atom. The number of aliphatic hydroxyl groups excluding tert-OH is 1. The minimum atomic E-state index is -0.649. The van der Waals surface area contributed by atoms with E-state index in [2.05, 4.69) is 14.9 Å². The Hall–Kier alpha value is -2.03. The fraction of sp³-hybridized carbons (Fsp3) is 0.100. The van der Waals surface area contributed by atoms with Gasteiger partial charge in [0.1, 0.15) is 11.5 Å². The first-order chi connectivity index (χ1) is 9.04. The Kier molecular flexibility index (Phi) is 3.74. The Bertz CT molecular complexity index is 619. The van der Waals surface area contributed by atoms with Gasteiger partial charge in [-0.2, -0.15) is 0 Å². The first kappa shape index (κ1) is 13.4. The third kappa shape index (κ3) is 2.55. The smallest absolute Gasteiger partial charge is 0.182 e. The van der Waals surface area contributed by atoms with Gasteiger partial charge in [-0.3, -0.25) is 10.6 Å². The molecule has 2 rings (SSSR count). The van der Waals surface area contributed by atoms with E-state index in [1.54, 1.807) is 0 Å². The molecule has 19 heavy (non-hydrogen) atoms. The minimum Gasteiger partial charge on any atom is -0.390 e. The molecule has 0 unspecified atom stereocenters. The van der Waals surface area contributed by atoms with Gasteiger partial charge in [0.2, 0.25) is 0 Å². The zero-order valence-electron chi connectivity index (χ0n) is 9.34. The van der Waals surface area contributed by atoms with Crippen molar-refractivity contribution in [1.29, 1.82) is 5.41 Å². The summed E-state index contributed by atoms with van der Waals surface area (Å²) in [5.41, 5.74) is -0.0778. The van der Waals surface area contributed by atoms with Gasteiger partial charge in [-0.25, -0.2) is 14.1 Å². The summed E-state index contributed by atoms with van der Waals surface area (Å²) in [5.74, 6) is -1.14. The van der Waals surface area contributed by atoms with Crippen molar-refractivity contribution in [3.05, 3.63) is 40.4 Å². The summed E-state index contributed by atoms with van der Waals surface area (Å²) >= 11 is 5.58. The van der Waals surface area contributed by atoms with Gasteiger partial charge >= 0.3 is 0 Å². The van der Waals surface area contributed by atoms with Gasteiger partial charge in [-0.05, 0) is 23.4 Å². The van der Waals surface area contributed by atoms with E-state index in [9.17, 15) is 9.60 Å². The van der Waals surface area contributed by atoms with Crippen LogP contribution in [0, 0.1) is 11.2 Å². The van der Waals surface area contributed by atoms with E-state index in [4.69, 9.17) is 22.1 Å². The van der Waals surface area contributed by atoms with Gasteiger partial charge in [-0.1, -0.05) is 16.8 Å². The highest BCUT2D eigenvalue weighted by Gasteiger charge is 2.20. The van der Waals surface area contributed by atoms with E-state index < -0.39 is 18.3 Å². The average Bonchev–Trinajstić information content (AvgIpc) is 2.88. The second-order valence-corrected chi connectivity index (χ2v) is 3.88. The summed E-state index contributed by atoms with van der Waals surface area (Å²) in [7, 11) is 0. The monoisotopic (exact) mass is 286 g/mol. The summed E-state index contributed by atoms with van der Waals surface area (Å²) in [5, 5.41) is 33.5. The predicted octanol–water partition coefficient (Wildman–Crippen LogP) is 1.58. The molecule has 0 radical (unpaired) electrons. The molecule has 2 aromatic rings. The lowest BCUT2D eigenvalue weighted by atomic mass is 10.2. The van der Waals surface area contributed by atoms with Crippen LogP contribution in [-0.4, -0.2) is 26.5 Å². The normalized spacial score (nSPS) is 10.5. The highest BCUT2D eigenvalue weighted by atomic mass is 35.5. The molecule has 3 N–H and O–H groups in total. The zero-order chi connectivity index (χ0) is 14.0. The number of aromatic nitrogens is 2. The molecule has 0 aliphatic rings. The molecule has 0 amide bonds. The lowest BCUT2D eigenvalue weighted by Crippen LogP contribution is -2.28. The fourth-order valence-electron chi connectivity index (χ4n) is 1.34. The van der Waals surface area contributed by atoms with Crippen LogP contribution in [0.25, 0.3) is 0 Å². The van der Waals surface area contributed by atoms with Crippen LogP contribution >= 0.6 is 11.6 Å². The van der Waals surface area contributed by atoms with Crippen LogP contribution in [0.15, 0.2) is 22.8 Å². The molecule has 1 aromatic heterocycles. The first-order valence-corrected chi connectivity index (χ1v) is 5.37. The number of hydroxylamine groups is 1. The molecule has 0 atom stereocenters. The van der Waals surface area contributed by atoms with Crippen LogP contribution in [0.4, 0.5) is 10.1 Å². The fourth-order valence-corrected chi connectivity index (χ4v) is 1.51. The number of anilines is 1. The van der Waals surface area contributed by atoms with Crippen molar-refractivity contribution < 1.29 is 19.3 Å². The lowest BCUT2D eigenvalue weighted by Gasteiger charge is -2.16. The highest BCUT2D eigenvalue weighted by Crippen LogP contribution is 2.23. The van der Waals surface area contributed by atoms with E-state index in [0.717, 1.165) is 12.1 Å². The molecule has 9 heteroatoms. The Labute approximate surface area is 111 Å². The molecular weight excluding hydrogens is 279 g/mol. The van der Waals surface area contributed by atoms with Gasteiger partial charge in [0.05, 0.1) is 17.3 Å². The maximum Gasteiger partial charge on any atom is 0.182 e. The van der Waals surface area contributed by atoms with Gasteiger partial charge < -0.3 is 5.11 Å². The SMILES string of the molecule is N=C(c1nonc1CO)N(O)c1ccc(F)c(Cl)c1. The van der Waals surface area contributed by atoms with E-state index in [1.165, 1.54) is 6.07 Å². The maximum atomic E-state index is 13.0. The molecular formula is C10H8ClFN4O3. The summed E-state index contributed by atoms with van der Waals surface area (Å²) in [6.45, 7) is -0.501. The van der Waals surface area contributed by atoms with Crippen LogP contribution < -0.4 is 5.06 Å². The number of hydrogen-bond donors (Lipinski definition) is 3. The Morgan fingerprint density at radius 1 is 1.47 bits per heavy atom. The van der Waals surface area contributed by atoms with Crippen LogP contribution in [0.1, 0.15) is 11.4 Å². The number of halogens is 2. The van der Waals surface area contributed by atoms with Crippen LogP contribution in [0.5, 0.6) is 0 Å². The van der Waals surface area contributed by atoms with Gasteiger partial charge in [0.15, 0.2) is 11.5 Å². The molecule has 0 spiro atoms. The van der Waals surface area contributed by atoms with Crippen LogP contribution in [0.2, 0.25) is 5.02 Å². The number of nitrogens with zero attached hydrogens (tertiary/aromatic N) is 3. The molecule has 1 aromatic carbocycles. The van der Waals surface area contributed by atoms with E-state index in [-0.39, 0.29) is 22.1 Å². The van der Waals surface area contributed by atoms with Crippen molar-refractivity contribution in [1.82, 2.24) is 10.3 Å². The summed E-state index contributed by atoms with van der Waals surface area (Å²) in [6.07, 6.45) is 0. The minimum absolute atomic E-state index is 0.00254. The highest BCUT2D eigenvalue weighted by molar-refractivity contribution is 6.31. The van der Waals surface area contributed by atoms with E-state index in [1.807, 2.05) is 0 Å². The van der Waals surface area contributed by atoms with Crippen molar-refractivity contribution in [2.45, 2.75) is 6.61 Å². The second kappa shape index (κ2) is 5.31. The molecule has 1 heterocycles. The van der Waals surface area contributed by atoms with E-state index in [0.29, 0.717) is 5.06 Å². The summed E-state index contributed by atoms with van der Waals surface area (Å²) < 4.78 is 17.4. The average molecular weight is 287 g/mol. The van der Waals surface area contributed by atoms with Crippen molar-refractivity contribution in [2.75, 3.05) is 5.06 Å². The Balaban J connectivity index is 2.31. The van der Waals surface area contributed by atoms with Gasteiger partial charge in [0, 0.05) is 0 Å².